The lowest BCUT2D eigenvalue weighted by Gasteiger charge is -2.13. The molecule has 0 bridgehead atoms. The van der Waals surface area contributed by atoms with Crippen LogP contribution in [0.15, 0.2) is 60.8 Å². The van der Waals surface area contributed by atoms with Crippen molar-refractivity contribution in [3.05, 3.63) is 93.5 Å². The summed E-state index contributed by atoms with van der Waals surface area (Å²) in [6.07, 6.45) is 1.76. The molecule has 0 aliphatic rings. The van der Waals surface area contributed by atoms with E-state index < -0.39 is 0 Å². The van der Waals surface area contributed by atoms with Gasteiger partial charge in [-0.25, -0.2) is 4.39 Å². The van der Waals surface area contributed by atoms with Gasteiger partial charge in [-0.1, -0.05) is 35.3 Å². The molecule has 1 heterocycles. The number of aromatic nitrogens is 1. The van der Waals surface area contributed by atoms with Crippen molar-refractivity contribution in [3.8, 4) is 5.75 Å². The molecule has 2 aromatic carbocycles. The minimum atomic E-state index is -0.371. The summed E-state index contributed by atoms with van der Waals surface area (Å²) >= 11 is 12.2. The third kappa shape index (κ3) is 5.18. The summed E-state index contributed by atoms with van der Waals surface area (Å²) in [5.41, 5.74) is 2.59. The summed E-state index contributed by atoms with van der Waals surface area (Å²) in [7, 11) is 0. The Morgan fingerprint density at radius 3 is 2.62 bits per heavy atom. The first-order chi connectivity index (χ1) is 12.6. The van der Waals surface area contributed by atoms with Gasteiger partial charge in [0, 0.05) is 35.4 Å². The standard InChI is InChI=1S/C20H17Cl2FN2O/c21-16-5-7-20(26-13-14-4-6-17(23)10-19(14)22)15(9-16)11-24-12-18-3-1-2-8-25-18/h1-10,24H,11-13H2. The van der Waals surface area contributed by atoms with Crippen LogP contribution in [0.3, 0.4) is 0 Å². The second-order valence-corrected chi connectivity index (χ2v) is 6.54. The van der Waals surface area contributed by atoms with Crippen LogP contribution in [0.25, 0.3) is 0 Å². The van der Waals surface area contributed by atoms with Crippen molar-refractivity contribution in [2.45, 2.75) is 19.7 Å². The molecule has 0 amide bonds. The Labute approximate surface area is 161 Å². The monoisotopic (exact) mass is 390 g/mol. The molecule has 134 valence electrons. The topological polar surface area (TPSA) is 34.1 Å². The van der Waals surface area contributed by atoms with Crippen LogP contribution in [0.5, 0.6) is 5.75 Å². The molecule has 0 atom stereocenters. The first-order valence-corrected chi connectivity index (χ1v) is 8.83. The van der Waals surface area contributed by atoms with E-state index in [9.17, 15) is 4.39 Å². The first kappa shape index (κ1) is 18.6. The molecule has 3 aromatic rings. The van der Waals surface area contributed by atoms with Gasteiger partial charge in [-0.2, -0.15) is 0 Å². The highest BCUT2D eigenvalue weighted by Gasteiger charge is 2.08. The number of rotatable bonds is 7. The van der Waals surface area contributed by atoms with Gasteiger partial charge in [0.2, 0.25) is 0 Å². The van der Waals surface area contributed by atoms with Crippen molar-refractivity contribution in [1.82, 2.24) is 10.3 Å². The van der Waals surface area contributed by atoms with Gasteiger partial charge in [-0.15, -0.1) is 0 Å². The zero-order chi connectivity index (χ0) is 18.4. The van der Waals surface area contributed by atoms with Crippen molar-refractivity contribution < 1.29 is 9.13 Å². The Morgan fingerprint density at radius 2 is 1.85 bits per heavy atom. The number of benzene rings is 2. The van der Waals surface area contributed by atoms with E-state index in [0.717, 1.165) is 16.8 Å². The third-order valence-corrected chi connectivity index (χ3v) is 4.36. The van der Waals surface area contributed by atoms with Gasteiger partial charge in [-0.3, -0.25) is 4.98 Å². The summed E-state index contributed by atoms with van der Waals surface area (Å²) in [5, 5.41) is 4.30. The van der Waals surface area contributed by atoms with E-state index in [1.54, 1.807) is 18.3 Å². The fourth-order valence-electron chi connectivity index (χ4n) is 2.45. The van der Waals surface area contributed by atoms with Crippen molar-refractivity contribution in [1.29, 1.82) is 0 Å². The minimum absolute atomic E-state index is 0.244. The number of halogens is 3. The van der Waals surface area contributed by atoms with Gasteiger partial charge in [0.15, 0.2) is 0 Å². The maximum atomic E-state index is 13.1. The van der Waals surface area contributed by atoms with Crippen LogP contribution in [0, 0.1) is 5.82 Å². The Balaban J connectivity index is 1.65. The van der Waals surface area contributed by atoms with E-state index >= 15 is 0 Å². The minimum Gasteiger partial charge on any atom is -0.489 e. The molecule has 26 heavy (non-hydrogen) atoms. The largest absolute Gasteiger partial charge is 0.489 e. The highest BCUT2D eigenvalue weighted by Crippen LogP contribution is 2.25. The summed E-state index contributed by atoms with van der Waals surface area (Å²) < 4.78 is 19.0. The first-order valence-electron chi connectivity index (χ1n) is 8.07. The average molecular weight is 391 g/mol. The van der Waals surface area contributed by atoms with E-state index in [4.69, 9.17) is 27.9 Å². The third-order valence-electron chi connectivity index (χ3n) is 3.77. The van der Waals surface area contributed by atoms with Crippen molar-refractivity contribution in [2.24, 2.45) is 0 Å². The summed E-state index contributed by atoms with van der Waals surface area (Å²) in [6, 6.07) is 15.5. The zero-order valence-electron chi connectivity index (χ0n) is 13.9. The van der Waals surface area contributed by atoms with E-state index in [0.29, 0.717) is 28.9 Å². The van der Waals surface area contributed by atoms with Gasteiger partial charge in [0.1, 0.15) is 18.2 Å². The van der Waals surface area contributed by atoms with Gasteiger partial charge in [-0.05, 0) is 42.5 Å². The van der Waals surface area contributed by atoms with Crippen molar-refractivity contribution in [2.75, 3.05) is 0 Å². The summed E-state index contributed by atoms with van der Waals surface area (Å²) in [5.74, 6) is 0.327. The number of nitrogens with zero attached hydrogens (tertiary/aromatic N) is 1. The van der Waals surface area contributed by atoms with Crippen LogP contribution in [0.1, 0.15) is 16.8 Å². The number of ether oxygens (including phenoxy) is 1. The fraction of sp³-hybridized carbons (Fsp3) is 0.150. The molecule has 0 radical (unpaired) electrons. The van der Waals surface area contributed by atoms with Crippen LogP contribution >= 0.6 is 23.2 Å². The maximum absolute atomic E-state index is 13.1. The normalized spacial score (nSPS) is 10.7. The van der Waals surface area contributed by atoms with Gasteiger partial charge < -0.3 is 10.1 Å². The molecule has 0 saturated heterocycles. The van der Waals surface area contributed by atoms with Crippen LogP contribution in [0.2, 0.25) is 10.0 Å². The predicted octanol–water partition coefficient (Wildman–Crippen LogP) is 5.40. The van der Waals surface area contributed by atoms with Crippen LogP contribution in [-0.2, 0) is 19.7 Å². The fourth-order valence-corrected chi connectivity index (χ4v) is 2.87. The molecule has 0 fully saturated rings. The van der Waals surface area contributed by atoms with Gasteiger partial charge >= 0.3 is 0 Å². The Bertz CT molecular complexity index is 875. The van der Waals surface area contributed by atoms with Crippen LogP contribution in [0.4, 0.5) is 4.39 Å². The van der Waals surface area contributed by atoms with Crippen molar-refractivity contribution >= 4 is 23.2 Å². The van der Waals surface area contributed by atoms with Crippen LogP contribution < -0.4 is 10.1 Å². The lowest BCUT2D eigenvalue weighted by Crippen LogP contribution is -2.14. The van der Waals surface area contributed by atoms with Gasteiger partial charge in [0.05, 0.1) is 10.7 Å². The molecule has 0 saturated carbocycles. The van der Waals surface area contributed by atoms with Crippen molar-refractivity contribution in [3.63, 3.8) is 0 Å². The molecule has 1 N–H and O–H groups in total. The molecule has 0 aliphatic carbocycles. The molecule has 3 rings (SSSR count). The average Bonchev–Trinajstić information content (AvgIpc) is 2.63. The molecule has 0 unspecified atom stereocenters. The van der Waals surface area contributed by atoms with E-state index in [1.165, 1.54) is 12.1 Å². The SMILES string of the molecule is Fc1ccc(COc2ccc(Cl)cc2CNCc2ccccn2)c(Cl)c1. The molecule has 1 aromatic heterocycles. The molecular formula is C20H17Cl2FN2O. The van der Waals surface area contributed by atoms with E-state index in [1.807, 2.05) is 30.3 Å². The van der Waals surface area contributed by atoms with Gasteiger partial charge in [0.25, 0.3) is 0 Å². The number of hydrogen-bond acceptors (Lipinski definition) is 3. The zero-order valence-corrected chi connectivity index (χ0v) is 15.4. The highest BCUT2D eigenvalue weighted by atomic mass is 35.5. The predicted molar refractivity (Wildman–Crippen MR) is 102 cm³/mol. The second-order valence-electron chi connectivity index (χ2n) is 5.70. The van der Waals surface area contributed by atoms with E-state index in [-0.39, 0.29) is 12.4 Å². The highest BCUT2D eigenvalue weighted by molar-refractivity contribution is 6.31. The Morgan fingerprint density at radius 1 is 0.962 bits per heavy atom. The molecule has 0 spiro atoms. The molecular weight excluding hydrogens is 374 g/mol. The molecule has 6 heteroatoms. The summed E-state index contributed by atoms with van der Waals surface area (Å²) in [4.78, 5) is 4.28. The number of hydrogen-bond donors (Lipinski definition) is 1. The lowest BCUT2D eigenvalue weighted by atomic mass is 10.2. The number of pyridine rings is 1. The van der Waals surface area contributed by atoms with E-state index in [2.05, 4.69) is 10.3 Å². The maximum Gasteiger partial charge on any atom is 0.124 e. The quantitative estimate of drug-likeness (QED) is 0.586. The second kappa shape index (κ2) is 8.99. The molecule has 3 nitrogen and oxygen atoms in total. The Kier molecular flexibility index (Phi) is 6.45. The molecule has 0 aliphatic heterocycles. The lowest BCUT2D eigenvalue weighted by molar-refractivity contribution is 0.302. The van der Waals surface area contributed by atoms with Crippen LogP contribution in [-0.4, -0.2) is 4.98 Å². The number of nitrogens with one attached hydrogen (secondary N) is 1. The summed E-state index contributed by atoms with van der Waals surface area (Å²) in [6.45, 7) is 1.45. The smallest absolute Gasteiger partial charge is 0.124 e. The Hall–Kier alpha value is -2.14.